The van der Waals surface area contributed by atoms with E-state index < -0.39 is 23.8 Å². The second-order valence-corrected chi connectivity index (χ2v) is 5.22. The molecule has 0 saturated heterocycles. The van der Waals surface area contributed by atoms with Crippen LogP contribution in [0.1, 0.15) is 28.2 Å². The molecule has 4 heteroatoms. The first-order valence-corrected chi connectivity index (χ1v) is 6.91. The molecule has 22 heavy (non-hydrogen) atoms. The van der Waals surface area contributed by atoms with Crippen molar-refractivity contribution >= 4 is 24.1 Å². The number of aliphatic carboxylic acids is 2. The summed E-state index contributed by atoms with van der Waals surface area (Å²) < 4.78 is 0. The monoisotopic (exact) mass is 294 g/mol. The first kappa shape index (κ1) is 14.1. The molecule has 0 atom stereocenters. The van der Waals surface area contributed by atoms with Gasteiger partial charge in [0.05, 0.1) is 0 Å². The Morgan fingerprint density at radius 2 is 1.18 bits per heavy atom. The highest BCUT2D eigenvalue weighted by Gasteiger charge is 2.39. The average molecular weight is 294 g/mol. The highest BCUT2D eigenvalue weighted by molar-refractivity contribution is 5.95. The molecule has 2 aromatic rings. The zero-order chi connectivity index (χ0) is 15.7. The van der Waals surface area contributed by atoms with E-state index in [1.165, 1.54) is 0 Å². The standard InChI is InChI=1S/C18H14O4/c19-17(20)16(18(21)22)15-13-7-3-1-5-11(13)9-10-12-6-2-4-8-14(12)15/h1-10,15-16H,(H,19,20)(H,21,22). The molecule has 0 aliphatic heterocycles. The van der Waals surface area contributed by atoms with Gasteiger partial charge in [0.1, 0.15) is 0 Å². The summed E-state index contributed by atoms with van der Waals surface area (Å²) in [5, 5.41) is 18.9. The number of hydrogen-bond donors (Lipinski definition) is 2. The Morgan fingerprint density at radius 1 is 0.773 bits per heavy atom. The second-order valence-electron chi connectivity index (χ2n) is 5.22. The fourth-order valence-electron chi connectivity index (χ4n) is 2.99. The van der Waals surface area contributed by atoms with Crippen LogP contribution in [0.2, 0.25) is 0 Å². The quantitative estimate of drug-likeness (QED) is 0.853. The van der Waals surface area contributed by atoms with Crippen molar-refractivity contribution in [2.45, 2.75) is 5.92 Å². The first-order valence-electron chi connectivity index (χ1n) is 6.91. The topological polar surface area (TPSA) is 74.6 Å². The third-order valence-electron chi connectivity index (χ3n) is 3.97. The van der Waals surface area contributed by atoms with Crippen LogP contribution in [-0.2, 0) is 9.59 Å². The molecule has 0 amide bonds. The normalized spacial score (nSPS) is 13.3. The molecule has 0 aromatic heterocycles. The van der Waals surface area contributed by atoms with Crippen LogP contribution in [-0.4, -0.2) is 22.2 Å². The van der Waals surface area contributed by atoms with Crippen molar-refractivity contribution < 1.29 is 19.8 Å². The molecule has 0 heterocycles. The Bertz CT molecular complexity index is 713. The Morgan fingerprint density at radius 3 is 1.59 bits per heavy atom. The molecular formula is C18H14O4. The van der Waals surface area contributed by atoms with Crippen molar-refractivity contribution in [3.8, 4) is 0 Å². The Labute approximate surface area is 127 Å². The van der Waals surface area contributed by atoms with E-state index in [4.69, 9.17) is 0 Å². The van der Waals surface area contributed by atoms with Crippen molar-refractivity contribution in [3.05, 3.63) is 70.8 Å². The van der Waals surface area contributed by atoms with Gasteiger partial charge in [-0.25, -0.2) is 0 Å². The zero-order valence-electron chi connectivity index (χ0n) is 11.6. The predicted molar refractivity (Wildman–Crippen MR) is 82.4 cm³/mol. The average Bonchev–Trinajstić information content (AvgIpc) is 2.65. The molecule has 0 unspecified atom stereocenters. The van der Waals surface area contributed by atoms with Gasteiger partial charge in [0.15, 0.2) is 5.92 Å². The minimum atomic E-state index is -1.53. The lowest BCUT2D eigenvalue weighted by Crippen LogP contribution is -2.31. The van der Waals surface area contributed by atoms with Gasteiger partial charge in [-0.05, 0) is 22.3 Å². The van der Waals surface area contributed by atoms with Gasteiger partial charge >= 0.3 is 11.9 Å². The summed E-state index contributed by atoms with van der Waals surface area (Å²) in [6.07, 6.45) is 3.80. The predicted octanol–water partition coefficient (Wildman–Crippen LogP) is 3.09. The number of carboxylic acids is 2. The third kappa shape index (κ3) is 2.29. The molecule has 2 aromatic carbocycles. The van der Waals surface area contributed by atoms with E-state index in [0.29, 0.717) is 0 Å². The fourth-order valence-corrected chi connectivity index (χ4v) is 2.99. The summed E-state index contributed by atoms with van der Waals surface area (Å²) in [4.78, 5) is 23.1. The van der Waals surface area contributed by atoms with E-state index in [0.717, 1.165) is 22.3 Å². The van der Waals surface area contributed by atoms with Crippen molar-refractivity contribution in [2.75, 3.05) is 0 Å². The first-order chi connectivity index (χ1) is 10.6. The maximum atomic E-state index is 11.6. The van der Waals surface area contributed by atoms with E-state index in [-0.39, 0.29) is 0 Å². The van der Waals surface area contributed by atoms with Crippen molar-refractivity contribution in [3.63, 3.8) is 0 Å². The number of hydrogen-bond acceptors (Lipinski definition) is 2. The van der Waals surface area contributed by atoms with Crippen LogP contribution in [0.5, 0.6) is 0 Å². The summed E-state index contributed by atoms with van der Waals surface area (Å²) in [6, 6.07) is 14.6. The van der Waals surface area contributed by atoms with Gasteiger partial charge in [-0.15, -0.1) is 0 Å². The minimum absolute atomic E-state index is 0.721. The maximum Gasteiger partial charge on any atom is 0.318 e. The van der Waals surface area contributed by atoms with Gasteiger partial charge in [0.25, 0.3) is 0 Å². The Balaban J connectivity index is 2.29. The largest absolute Gasteiger partial charge is 0.481 e. The lowest BCUT2D eigenvalue weighted by molar-refractivity contribution is -0.155. The number of rotatable bonds is 3. The molecule has 0 bridgehead atoms. The molecular weight excluding hydrogens is 280 g/mol. The van der Waals surface area contributed by atoms with E-state index in [1.807, 2.05) is 36.4 Å². The number of carbonyl (C=O) groups is 2. The lowest BCUT2D eigenvalue weighted by Gasteiger charge is -2.23. The van der Waals surface area contributed by atoms with Gasteiger partial charge in [0.2, 0.25) is 0 Å². The highest BCUT2D eigenvalue weighted by Crippen LogP contribution is 2.39. The summed E-state index contributed by atoms with van der Waals surface area (Å²) in [5.74, 6) is -4.91. The Kier molecular flexibility index (Phi) is 3.51. The number of carboxylic acid groups (broad SMARTS) is 2. The second kappa shape index (κ2) is 5.48. The lowest BCUT2D eigenvalue weighted by atomic mass is 9.78. The molecule has 3 rings (SSSR count). The number of benzene rings is 2. The molecule has 1 aliphatic carbocycles. The smallest absolute Gasteiger partial charge is 0.318 e. The highest BCUT2D eigenvalue weighted by atomic mass is 16.4. The molecule has 4 nitrogen and oxygen atoms in total. The SMILES string of the molecule is O=C(O)C(C(=O)O)C1c2ccccc2C=Cc2ccccc21. The molecule has 0 radical (unpaired) electrons. The number of fused-ring (bicyclic) bond motifs is 2. The van der Waals surface area contributed by atoms with Gasteiger partial charge in [0, 0.05) is 5.92 Å². The molecule has 0 fully saturated rings. The summed E-state index contributed by atoms with van der Waals surface area (Å²) >= 11 is 0. The minimum Gasteiger partial charge on any atom is -0.481 e. The van der Waals surface area contributed by atoms with E-state index in [9.17, 15) is 19.8 Å². The molecule has 110 valence electrons. The summed E-state index contributed by atoms with van der Waals surface area (Å²) in [6.45, 7) is 0. The Hall–Kier alpha value is -2.88. The molecule has 2 N–H and O–H groups in total. The van der Waals surface area contributed by atoms with E-state index >= 15 is 0 Å². The summed E-state index contributed by atoms with van der Waals surface area (Å²) in [7, 11) is 0. The van der Waals surface area contributed by atoms with Crippen LogP contribution in [0.15, 0.2) is 48.5 Å². The summed E-state index contributed by atoms with van der Waals surface area (Å²) in [5.41, 5.74) is 3.13. The maximum absolute atomic E-state index is 11.6. The molecule has 0 saturated carbocycles. The third-order valence-corrected chi connectivity index (χ3v) is 3.97. The van der Waals surface area contributed by atoms with Crippen LogP contribution in [0.25, 0.3) is 12.2 Å². The van der Waals surface area contributed by atoms with E-state index in [1.54, 1.807) is 24.3 Å². The van der Waals surface area contributed by atoms with Crippen LogP contribution >= 0.6 is 0 Å². The van der Waals surface area contributed by atoms with Crippen molar-refractivity contribution in [1.29, 1.82) is 0 Å². The molecule has 1 aliphatic rings. The van der Waals surface area contributed by atoms with Crippen LogP contribution in [0, 0.1) is 5.92 Å². The van der Waals surface area contributed by atoms with Gasteiger partial charge in [-0.1, -0.05) is 60.7 Å². The van der Waals surface area contributed by atoms with Crippen molar-refractivity contribution in [1.82, 2.24) is 0 Å². The molecule has 0 spiro atoms. The van der Waals surface area contributed by atoms with Crippen molar-refractivity contribution in [2.24, 2.45) is 5.92 Å². The van der Waals surface area contributed by atoms with Crippen LogP contribution < -0.4 is 0 Å². The van der Waals surface area contributed by atoms with Gasteiger partial charge in [-0.2, -0.15) is 0 Å². The zero-order valence-corrected chi connectivity index (χ0v) is 11.6. The van der Waals surface area contributed by atoms with Gasteiger partial charge < -0.3 is 10.2 Å². The van der Waals surface area contributed by atoms with Crippen LogP contribution in [0.4, 0.5) is 0 Å². The van der Waals surface area contributed by atoms with Crippen LogP contribution in [0.3, 0.4) is 0 Å². The fraction of sp³-hybridized carbons (Fsp3) is 0.111. The van der Waals surface area contributed by atoms with E-state index in [2.05, 4.69) is 0 Å². The van der Waals surface area contributed by atoms with Gasteiger partial charge in [-0.3, -0.25) is 9.59 Å².